The molecule has 0 aliphatic heterocycles. The first-order valence-corrected chi connectivity index (χ1v) is 7.90. The van der Waals surface area contributed by atoms with Crippen LogP contribution in [-0.2, 0) is 6.42 Å². The van der Waals surface area contributed by atoms with Crippen molar-refractivity contribution < 1.29 is 0 Å². The minimum atomic E-state index is 0.685. The van der Waals surface area contributed by atoms with Crippen LogP contribution in [-0.4, -0.2) is 12.6 Å². The predicted octanol–water partition coefficient (Wildman–Crippen LogP) is 4.73. The van der Waals surface area contributed by atoms with Crippen molar-refractivity contribution in [3.63, 3.8) is 0 Å². The fraction of sp³-hybridized carbons (Fsp3) is 0.667. The van der Waals surface area contributed by atoms with Gasteiger partial charge in [-0.3, -0.25) is 0 Å². The monoisotopic (exact) mass is 261 g/mol. The highest BCUT2D eigenvalue weighted by Gasteiger charge is 2.08. The number of hydrogen-bond donors (Lipinski definition) is 1. The fourth-order valence-corrected chi connectivity index (χ4v) is 2.62. The molecule has 19 heavy (non-hydrogen) atoms. The van der Waals surface area contributed by atoms with Gasteiger partial charge in [0, 0.05) is 6.04 Å². The van der Waals surface area contributed by atoms with E-state index < -0.39 is 0 Å². The Balaban J connectivity index is 2.36. The van der Waals surface area contributed by atoms with Crippen molar-refractivity contribution in [2.45, 2.75) is 65.8 Å². The number of benzene rings is 1. The van der Waals surface area contributed by atoms with E-state index in [0.29, 0.717) is 6.04 Å². The molecule has 1 aromatic rings. The fourth-order valence-electron chi connectivity index (χ4n) is 2.62. The smallest absolute Gasteiger partial charge is 0.00701 e. The highest BCUT2D eigenvalue weighted by Crippen LogP contribution is 2.13. The molecule has 1 atom stereocenters. The molecule has 1 heteroatoms. The van der Waals surface area contributed by atoms with Crippen LogP contribution in [0.1, 0.15) is 57.6 Å². The van der Waals surface area contributed by atoms with Gasteiger partial charge in [0.15, 0.2) is 0 Å². The van der Waals surface area contributed by atoms with Gasteiger partial charge in [-0.1, -0.05) is 63.4 Å². The second-order valence-corrected chi connectivity index (χ2v) is 6.11. The molecule has 1 aromatic carbocycles. The van der Waals surface area contributed by atoms with Crippen LogP contribution in [0.5, 0.6) is 0 Å². The van der Waals surface area contributed by atoms with Gasteiger partial charge in [-0.05, 0) is 44.2 Å². The molecule has 1 N–H and O–H groups in total. The topological polar surface area (TPSA) is 12.0 Å². The van der Waals surface area contributed by atoms with Crippen molar-refractivity contribution in [1.82, 2.24) is 5.32 Å². The third-order valence-corrected chi connectivity index (χ3v) is 3.69. The molecule has 0 aromatic heterocycles. The van der Waals surface area contributed by atoms with Crippen molar-refractivity contribution in [2.24, 2.45) is 5.92 Å². The molecule has 0 amide bonds. The first-order valence-electron chi connectivity index (χ1n) is 7.90. The SMILES string of the molecule is CCNC(CCCC(C)C)CCc1cccc(C)c1. The van der Waals surface area contributed by atoms with E-state index in [-0.39, 0.29) is 0 Å². The molecule has 0 fully saturated rings. The summed E-state index contributed by atoms with van der Waals surface area (Å²) in [7, 11) is 0. The minimum Gasteiger partial charge on any atom is -0.314 e. The maximum Gasteiger partial charge on any atom is 0.00701 e. The lowest BCUT2D eigenvalue weighted by Gasteiger charge is -2.18. The standard InChI is InChI=1S/C18H31N/c1-5-19-18(11-6-8-15(2)3)13-12-17-10-7-9-16(4)14-17/h7,9-10,14-15,18-19H,5-6,8,11-13H2,1-4H3. The lowest BCUT2D eigenvalue weighted by Crippen LogP contribution is -2.29. The maximum atomic E-state index is 3.64. The Kier molecular flexibility index (Phi) is 7.81. The number of nitrogens with one attached hydrogen (secondary N) is 1. The first kappa shape index (κ1) is 16.2. The summed E-state index contributed by atoms with van der Waals surface area (Å²) in [6.45, 7) is 10.1. The molecule has 0 aliphatic carbocycles. The van der Waals surface area contributed by atoms with Crippen LogP contribution in [0.4, 0.5) is 0 Å². The van der Waals surface area contributed by atoms with Crippen LogP contribution in [0.25, 0.3) is 0 Å². The van der Waals surface area contributed by atoms with Gasteiger partial charge in [0.05, 0.1) is 0 Å². The van der Waals surface area contributed by atoms with Gasteiger partial charge in [0.2, 0.25) is 0 Å². The van der Waals surface area contributed by atoms with Gasteiger partial charge in [-0.2, -0.15) is 0 Å². The quantitative estimate of drug-likeness (QED) is 0.677. The van der Waals surface area contributed by atoms with Crippen LogP contribution < -0.4 is 5.32 Å². The molecule has 0 spiro atoms. The zero-order valence-electron chi connectivity index (χ0n) is 13.2. The van der Waals surface area contributed by atoms with Crippen LogP contribution in [0, 0.1) is 12.8 Å². The van der Waals surface area contributed by atoms with Crippen molar-refractivity contribution in [3.05, 3.63) is 35.4 Å². The van der Waals surface area contributed by atoms with E-state index in [2.05, 4.69) is 57.3 Å². The second kappa shape index (κ2) is 9.14. The Morgan fingerprint density at radius 3 is 2.53 bits per heavy atom. The van der Waals surface area contributed by atoms with Gasteiger partial charge < -0.3 is 5.32 Å². The number of rotatable bonds is 9. The summed E-state index contributed by atoms with van der Waals surface area (Å²) in [4.78, 5) is 0. The molecule has 1 nitrogen and oxygen atoms in total. The molecule has 0 bridgehead atoms. The molecular formula is C18H31N. The summed E-state index contributed by atoms with van der Waals surface area (Å²) >= 11 is 0. The third-order valence-electron chi connectivity index (χ3n) is 3.69. The van der Waals surface area contributed by atoms with Gasteiger partial charge in [0.1, 0.15) is 0 Å². The lowest BCUT2D eigenvalue weighted by atomic mass is 9.98. The van der Waals surface area contributed by atoms with Crippen molar-refractivity contribution in [3.8, 4) is 0 Å². The Bertz CT molecular complexity index is 343. The van der Waals surface area contributed by atoms with Gasteiger partial charge in [-0.15, -0.1) is 0 Å². The van der Waals surface area contributed by atoms with E-state index in [1.807, 2.05) is 0 Å². The largest absolute Gasteiger partial charge is 0.314 e. The van der Waals surface area contributed by atoms with Crippen molar-refractivity contribution >= 4 is 0 Å². The van der Waals surface area contributed by atoms with E-state index in [9.17, 15) is 0 Å². The lowest BCUT2D eigenvalue weighted by molar-refractivity contribution is 0.424. The van der Waals surface area contributed by atoms with Crippen LogP contribution in [0.15, 0.2) is 24.3 Å². The summed E-state index contributed by atoms with van der Waals surface area (Å²) in [6.07, 6.45) is 6.48. The van der Waals surface area contributed by atoms with Gasteiger partial charge in [-0.25, -0.2) is 0 Å². The summed E-state index contributed by atoms with van der Waals surface area (Å²) in [5.74, 6) is 0.832. The van der Waals surface area contributed by atoms with E-state index in [1.54, 1.807) is 0 Å². The Labute approximate surface area is 119 Å². The molecule has 0 radical (unpaired) electrons. The van der Waals surface area contributed by atoms with Crippen molar-refractivity contribution in [1.29, 1.82) is 0 Å². The summed E-state index contributed by atoms with van der Waals surface area (Å²) in [5, 5.41) is 3.64. The van der Waals surface area contributed by atoms with E-state index in [0.717, 1.165) is 12.5 Å². The second-order valence-electron chi connectivity index (χ2n) is 6.11. The molecule has 1 rings (SSSR count). The summed E-state index contributed by atoms with van der Waals surface area (Å²) < 4.78 is 0. The molecule has 0 aliphatic rings. The van der Waals surface area contributed by atoms with Gasteiger partial charge >= 0.3 is 0 Å². The normalized spacial score (nSPS) is 12.9. The highest BCUT2D eigenvalue weighted by molar-refractivity contribution is 5.22. The first-order chi connectivity index (χ1) is 9.11. The zero-order chi connectivity index (χ0) is 14.1. The predicted molar refractivity (Wildman–Crippen MR) is 85.7 cm³/mol. The van der Waals surface area contributed by atoms with E-state index >= 15 is 0 Å². The van der Waals surface area contributed by atoms with Gasteiger partial charge in [0.25, 0.3) is 0 Å². The maximum absolute atomic E-state index is 3.64. The van der Waals surface area contributed by atoms with E-state index in [4.69, 9.17) is 0 Å². The Morgan fingerprint density at radius 2 is 1.89 bits per heavy atom. The molecular weight excluding hydrogens is 230 g/mol. The summed E-state index contributed by atoms with van der Waals surface area (Å²) in [6, 6.07) is 9.60. The van der Waals surface area contributed by atoms with E-state index in [1.165, 1.54) is 43.2 Å². The molecule has 0 saturated heterocycles. The minimum absolute atomic E-state index is 0.685. The average molecular weight is 261 g/mol. The Morgan fingerprint density at radius 1 is 1.11 bits per heavy atom. The number of aryl methyl sites for hydroxylation is 2. The number of hydrogen-bond acceptors (Lipinski definition) is 1. The molecule has 0 heterocycles. The molecule has 1 unspecified atom stereocenters. The molecule has 0 saturated carbocycles. The van der Waals surface area contributed by atoms with Crippen molar-refractivity contribution in [2.75, 3.05) is 6.54 Å². The average Bonchev–Trinajstić information content (AvgIpc) is 2.35. The van der Waals surface area contributed by atoms with Crippen LogP contribution in [0.3, 0.4) is 0 Å². The zero-order valence-corrected chi connectivity index (χ0v) is 13.2. The molecule has 108 valence electrons. The van der Waals surface area contributed by atoms with Crippen LogP contribution in [0.2, 0.25) is 0 Å². The summed E-state index contributed by atoms with van der Waals surface area (Å²) in [5.41, 5.74) is 2.85. The third kappa shape index (κ3) is 7.37. The van der Waals surface area contributed by atoms with Crippen LogP contribution >= 0.6 is 0 Å². The highest BCUT2D eigenvalue weighted by atomic mass is 14.9. The Hall–Kier alpha value is -0.820.